The maximum atomic E-state index is 12.9. The molecule has 4 rings (SSSR count). The zero-order valence-electron chi connectivity index (χ0n) is 13.8. The molecule has 2 bridgehead atoms. The fraction of sp³-hybridized carbons (Fsp3) is 0.611. The first-order valence-electron chi connectivity index (χ1n) is 8.65. The molecular formula is C18H22ClF3N2O. The van der Waals surface area contributed by atoms with Gasteiger partial charge in [0.1, 0.15) is 0 Å². The van der Waals surface area contributed by atoms with Gasteiger partial charge in [-0.3, -0.25) is 4.79 Å². The molecule has 1 amide bonds. The molecule has 1 aliphatic carbocycles. The van der Waals surface area contributed by atoms with E-state index in [1.807, 2.05) is 4.90 Å². The first kappa shape index (κ1) is 18.5. The number of carbonyl (C=O) groups is 1. The Balaban J connectivity index is 0.00000182. The molecule has 4 atom stereocenters. The average molecular weight is 375 g/mol. The summed E-state index contributed by atoms with van der Waals surface area (Å²) in [5, 5.41) is 3.37. The Bertz CT molecular complexity index is 637. The summed E-state index contributed by atoms with van der Waals surface area (Å²) in [7, 11) is 0. The van der Waals surface area contributed by atoms with Crippen molar-refractivity contribution in [2.45, 2.75) is 49.9 Å². The van der Waals surface area contributed by atoms with Gasteiger partial charge in [0, 0.05) is 24.5 Å². The van der Waals surface area contributed by atoms with Crippen molar-refractivity contribution in [3.05, 3.63) is 35.4 Å². The van der Waals surface area contributed by atoms with Crippen molar-refractivity contribution in [1.82, 2.24) is 10.2 Å². The van der Waals surface area contributed by atoms with E-state index in [0.29, 0.717) is 18.0 Å². The largest absolute Gasteiger partial charge is 0.416 e. The van der Waals surface area contributed by atoms with Crippen molar-refractivity contribution < 1.29 is 18.0 Å². The molecule has 4 unspecified atom stereocenters. The normalized spacial score (nSPS) is 31.2. The minimum Gasteiger partial charge on any atom is -0.335 e. The molecule has 1 saturated carbocycles. The molecule has 0 radical (unpaired) electrons. The van der Waals surface area contributed by atoms with Gasteiger partial charge < -0.3 is 10.2 Å². The summed E-state index contributed by atoms with van der Waals surface area (Å²) in [5.41, 5.74) is 0.0145. The van der Waals surface area contributed by atoms with Crippen LogP contribution < -0.4 is 5.32 Å². The van der Waals surface area contributed by atoms with Crippen LogP contribution >= 0.6 is 12.4 Å². The van der Waals surface area contributed by atoms with Crippen molar-refractivity contribution >= 4 is 18.3 Å². The lowest BCUT2D eigenvalue weighted by molar-refractivity contribution is -0.137. The molecule has 2 heterocycles. The number of carbonyl (C=O) groups excluding carboxylic acids is 1. The summed E-state index contributed by atoms with van der Waals surface area (Å²) in [4.78, 5) is 15.0. The Labute approximate surface area is 151 Å². The molecule has 138 valence electrons. The van der Waals surface area contributed by atoms with Crippen LogP contribution in [0.25, 0.3) is 0 Å². The summed E-state index contributed by atoms with van der Waals surface area (Å²) in [6.45, 7) is 1.77. The van der Waals surface area contributed by atoms with Crippen molar-refractivity contribution in [3.63, 3.8) is 0 Å². The van der Waals surface area contributed by atoms with Crippen LogP contribution in [-0.4, -0.2) is 36.0 Å². The second kappa shape index (κ2) is 6.80. The third-order valence-electron chi connectivity index (χ3n) is 5.66. The first-order valence-corrected chi connectivity index (χ1v) is 8.65. The summed E-state index contributed by atoms with van der Waals surface area (Å²) < 4.78 is 38.6. The Hall–Kier alpha value is -1.27. The number of hydrogen-bond donors (Lipinski definition) is 1. The SMILES string of the molecule is Cl.O=C(C1CC1c1cccc(C(F)(F)F)c1)N1C2CCNCC1CC2. The molecule has 2 saturated heterocycles. The zero-order chi connectivity index (χ0) is 16.9. The fourth-order valence-electron chi connectivity index (χ4n) is 4.32. The molecule has 3 nitrogen and oxygen atoms in total. The number of amides is 1. The topological polar surface area (TPSA) is 32.3 Å². The molecule has 0 aromatic heterocycles. The lowest BCUT2D eigenvalue weighted by atomic mass is 10.0. The van der Waals surface area contributed by atoms with E-state index in [0.717, 1.165) is 38.4 Å². The van der Waals surface area contributed by atoms with Crippen LogP contribution in [-0.2, 0) is 11.0 Å². The van der Waals surface area contributed by atoms with Gasteiger partial charge >= 0.3 is 6.18 Å². The third-order valence-corrected chi connectivity index (χ3v) is 5.66. The Morgan fingerprint density at radius 1 is 1.16 bits per heavy atom. The van der Waals surface area contributed by atoms with E-state index >= 15 is 0 Å². The molecule has 1 N–H and O–H groups in total. The number of benzene rings is 1. The van der Waals surface area contributed by atoms with E-state index in [2.05, 4.69) is 5.32 Å². The van der Waals surface area contributed by atoms with Crippen molar-refractivity contribution in [2.75, 3.05) is 13.1 Å². The molecule has 25 heavy (non-hydrogen) atoms. The number of alkyl halides is 3. The molecule has 3 aliphatic rings. The molecule has 2 aliphatic heterocycles. The Morgan fingerprint density at radius 2 is 1.92 bits per heavy atom. The van der Waals surface area contributed by atoms with Gasteiger partial charge in [-0.1, -0.05) is 18.2 Å². The number of halogens is 4. The van der Waals surface area contributed by atoms with Gasteiger partial charge in [-0.2, -0.15) is 13.2 Å². The number of rotatable bonds is 2. The third kappa shape index (κ3) is 3.51. The number of nitrogens with one attached hydrogen (secondary N) is 1. The average Bonchev–Trinajstić information content (AvgIpc) is 3.26. The molecular weight excluding hydrogens is 353 g/mol. The van der Waals surface area contributed by atoms with Gasteiger partial charge in [0.15, 0.2) is 0 Å². The van der Waals surface area contributed by atoms with Gasteiger partial charge in [-0.05, 0) is 49.8 Å². The second-order valence-corrected chi connectivity index (χ2v) is 7.20. The van der Waals surface area contributed by atoms with E-state index in [-0.39, 0.29) is 36.2 Å². The summed E-state index contributed by atoms with van der Waals surface area (Å²) in [6.07, 6.45) is -0.601. The maximum Gasteiger partial charge on any atom is 0.416 e. The van der Waals surface area contributed by atoms with Crippen LogP contribution in [0.15, 0.2) is 24.3 Å². The summed E-state index contributed by atoms with van der Waals surface area (Å²) in [6, 6.07) is 6.01. The van der Waals surface area contributed by atoms with E-state index in [1.54, 1.807) is 6.07 Å². The predicted octanol–water partition coefficient (Wildman–Crippen LogP) is 3.58. The van der Waals surface area contributed by atoms with Crippen molar-refractivity contribution in [2.24, 2.45) is 5.92 Å². The molecule has 7 heteroatoms. The monoisotopic (exact) mass is 374 g/mol. The first-order chi connectivity index (χ1) is 11.4. The van der Waals surface area contributed by atoms with Crippen LogP contribution in [0.4, 0.5) is 13.2 Å². The number of hydrogen-bond acceptors (Lipinski definition) is 2. The van der Waals surface area contributed by atoms with Crippen LogP contribution in [0.3, 0.4) is 0 Å². The fourth-order valence-corrected chi connectivity index (χ4v) is 4.32. The van der Waals surface area contributed by atoms with Crippen molar-refractivity contribution in [3.8, 4) is 0 Å². The molecule has 1 aromatic rings. The Kier molecular flexibility index (Phi) is 5.04. The van der Waals surface area contributed by atoms with Gasteiger partial charge in [0.25, 0.3) is 0 Å². The molecule has 0 spiro atoms. The predicted molar refractivity (Wildman–Crippen MR) is 90.7 cm³/mol. The van der Waals surface area contributed by atoms with Crippen LogP contribution in [0.1, 0.15) is 42.7 Å². The minimum absolute atomic E-state index is 0. The maximum absolute atomic E-state index is 12.9. The number of fused-ring (bicyclic) bond motifs is 2. The lowest BCUT2D eigenvalue weighted by Gasteiger charge is -2.28. The highest BCUT2D eigenvalue weighted by Gasteiger charge is 2.50. The Morgan fingerprint density at radius 3 is 2.68 bits per heavy atom. The van der Waals surface area contributed by atoms with E-state index in [4.69, 9.17) is 0 Å². The summed E-state index contributed by atoms with van der Waals surface area (Å²) in [5.74, 6) is -0.0568. The van der Waals surface area contributed by atoms with E-state index < -0.39 is 11.7 Å². The van der Waals surface area contributed by atoms with Crippen LogP contribution in [0.2, 0.25) is 0 Å². The zero-order valence-corrected chi connectivity index (χ0v) is 14.6. The second-order valence-electron chi connectivity index (χ2n) is 7.20. The van der Waals surface area contributed by atoms with Gasteiger partial charge in [-0.15, -0.1) is 12.4 Å². The minimum atomic E-state index is -4.33. The highest BCUT2D eigenvalue weighted by Crippen LogP contribution is 2.50. The smallest absolute Gasteiger partial charge is 0.335 e. The van der Waals surface area contributed by atoms with Crippen molar-refractivity contribution in [1.29, 1.82) is 0 Å². The quantitative estimate of drug-likeness (QED) is 0.858. The molecule has 3 fully saturated rings. The summed E-state index contributed by atoms with van der Waals surface area (Å²) >= 11 is 0. The van der Waals surface area contributed by atoms with Crippen LogP contribution in [0, 0.1) is 5.92 Å². The highest BCUT2D eigenvalue weighted by atomic mass is 35.5. The number of nitrogens with zero attached hydrogens (tertiary/aromatic N) is 1. The van der Waals surface area contributed by atoms with E-state index in [1.165, 1.54) is 12.1 Å². The highest BCUT2D eigenvalue weighted by molar-refractivity contribution is 5.85. The molecule has 1 aromatic carbocycles. The van der Waals surface area contributed by atoms with Crippen LogP contribution in [0.5, 0.6) is 0 Å². The van der Waals surface area contributed by atoms with E-state index in [9.17, 15) is 18.0 Å². The standard InChI is InChI=1S/C18H21F3N2O.ClH/c19-18(20,21)12-3-1-2-11(8-12)15-9-16(15)17(24)23-13-4-5-14(23)10-22-7-6-13;/h1-3,8,13-16,22H,4-7,9-10H2;1H. The van der Waals surface area contributed by atoms with Gasteiger partial charge in [0.05, 0.1) is 5.56 Å². The van der Waals surface area contributed by atoms with Gasteiger partial charge in [-0.25, -0.2) is 0 Å². The van der Waals surface area contributed by atoms with Gasteiger partial charge in [0.2, 0.25) is 5.91 Å². The lowest BCUT2D eigenvalue weighted by Crippen LogP contribution is -2.43.